The highest BCUT2D eigenvalue weighted by Crippen LogP contribution is 2.16. The van der Waals surface area contributed by atoms with Crippen molar-refractivity contribution in [3.8, 4) is 0 Å². The number of carboxylic acid groups (broad SMARTS) is 1. The van der Waals surface area contributed by atoms with Gasteiger partial charge in [0.1, 0.15) is 0 Å². The van der Waals surface area contributed by atoms with Crippen LogP contribution in [0, 0.1) is 0 Å². The zero-order chi connectivity index (χ0) is 12.5. The summed E-state index contributed by atoms with van der Waals surface area (Å²) >= 11 is 0. The number of rotatable bonds is 9. The molecule has 0 saturated carbocycles. The third-order valence-electron chi connectivity index (χ3n) is 2.88. The van der Waals surface area contributed by atoms with Crippen LogP contribution in [0.25, 0.3) is 0 Å². The van der Waals surface area contributed by atoms with Crippen LogP contribution >= 0.6 is 0 Å². The largest absolute Gasteiger partial charge is 0.480 e. The highest BCUT2D eigenvalue weighted by atomic mass is 16.4. The zero-order valence-electron chi connectivity index (χ0n) is 10.4. The topological polar surface area (TPSA) is 68.0 Å². The van der Waals surface area contributed by atoms with E-state index in [1.165, 1.54) is 36.6 Å². The predicted molar refractivity (Wildman–Crippen MR) is 64.7 cm³/mol. The molecule has 1 aromatic rings. The molecule has 1 N–H and O–H groups in total. The van der Waals surface area contributed by atoms with E-state index in [2.05, 4.69) is 17.2 Å². The van der Waals surface area contributed by atoms with Crippen LogP contribution in [0.1, 0.15) is 57.9 Å². The van der Waals surface area contributed by atoms with Crippen molar-refractivity contribution < 1.29 is 9.90 Å². The van der Waals surface area contributed by atoms with E-state index in [1.807, 2.05) is 0 Å². The van der Waals surface area contributed by atoms with Crippen molar-refractivity contribution >= 4 is 5.97 Å². The van der Waals surface area contributed by atoms with E-state index in [0.717, 1.165) is 12.8 Å². The average Bonchev–Trinajstić information content (AvgIpc) is 2.81. The second-order valence-corrected chi connectivity index (χ2v) is 4.29. The van der Waals surface area contributed by atoms with Crippen molar-refractivity contribution in [2.45, 2.75) is 57.9 Å². The first-order valence-corrected chi connectivity index (χ1v) is 6.34. The number of unbranched alkanes of at least 4 members (excludes halogenated alkanes) is 5. The van der Waals surface area contributed by atoms with E-state index >= 15 is 0 Å². The Morgan fingerprint density at radius 2 is 2.00 bits per heavy atom. The predicted octanol–water partition coefficient (Wildman–Crippen LogP) is 2.65. The van der Waals surface area contributed by atoms with Crippen molar-refractivity contribution in [1.29, 1.82) is 0 Å². The first-order chi connectivity index (χ1) is 8.25. The molecule has 1 aromatic heterocycles. The molecule has 0 aliphatic heterocycles. The fraction of sp³-hybridized carbons (Fsp3) is 0.750. The second-order valence-electron chi connectivity index (χ2n) is 4.29. The fourth-order valence-electron chi connectivity index (χ4n) is 1.87. The Labute approximate surface area is 102 Å². The minimum atomic E-state index is -0.830. The van der Waals surface area contributed by atoms with E-state index in [9.17, 15) is 4.79 Å². The number of aliphatic carboxylic acids is 1. The standard InChI is InChI=1S/C12H21N3O2/c1-2-3-4-5-6-7-8-11(12(16)17)15-10-9-13-14-15/h9-11H,2-8H2,1H3,(H,16,17). The van der Waals surface area contributed by atoms with Gasteiger partial charge in [-0.1, -0.05) is 50.7 Å². The third-order valence-corrected chi connectivity index (χ3v) is 2.88. The number of hydrogen-bond acceptors (Lipinski definition) is 3. The van der Waals surface area contributed by atoms with Gasteiger partial charge >= 0.3 is 5.97 Å². The molecular weight excluding hydrogens is 218 g/mol. The molecule has 0 saturated heterocycles. The second kappa shape index (κ2) is 7.81. The maximum atomic E-state index is 11.1. The zero-order valence-corrected chi connectivity index (χ0v) is 10.4. The van der Waals surface area contributed by atoms with Gasteiger partial charge in [-0.15, -0.1) is 5.10 Å². The minimum absolute atomic E-state index is 0.566. The summed E-state index contributed by atoms with van der Waals surface area (Å²) in [6.07, 6.45) is 10.7. The fourth-order valence-corrected chi connectivity index (χ4v) is 1.87. The van der Waals surface area contributed by atoms with E-state index in [4.69, 9.17) is 5.11 Å². The van der Waals surface area contributed by atoms with E-state index < -0.39 is 12.0 Å². The van der Waals surface area contributed by atoms with Gasteiger partial charge in [-0.25, -0.2) is 9.48 Å². The number of hydrogen-bond donors (Lipinski definition) is 1. The number of nitrogens with zero attached hydrogens (tertiary/aromatic N) is 3. The summed E-state index contributed by atoms with van der Waals surface area (Å²) in [7, 11) is 0. The molecule has 5 nitrogen and oxygen atoms in total. The summed E-state index contributed by atoms with van der Waals surface area (Å²) < 4.78 is 1.42. The van der Waals surface area contributed by atoms with Crippen molar-refractivity contribution in [2.75, 3.05) is 0 Å². The minimum Gasteiger partial charge on any atom is -0.480 e. The number of carboxylic acids is 1. The molecule has 1 heterocycles. The lowest BCUT2D eigenvalue weighted by molar-refractivity contribution is -0.141. The molecule has 0 aromatic carbocycles. The Kier molecular flexibility index (Phi) is 6.29. The summed E-state index contributed by atoms with van der Waals surface area (Å²) in [5.41, 5.74) is 0. The van der Waals surface area contributed by atoms with Crippen LogP contribution in [0.2, 0.25) is 0 Å². The Morgan fingerprint density at radius 1 is 1.29 bits per heavy atom. The third kappa shape index (κ3) is 4.97. The monoisotopic (exact) mass is 239 g/mol. The lowest BCUT2D eigenvalue weighted by Crippen LogP contribution is -2.19. The van der Waals surface area contributed by atoms with Crippen molar-refractivity contribution in [3.05, 3.63) is 12.4 Å². The van der Waals surface area contributed by atoms with E-state index in [0.29, 0.717) is 6.42 Å². The lowest BCUT2D eigenvalue weighted by Gasteiger charge is -2.11. The molecule has 5 heteroatoms. The Bertz CT molecular complexity index is 312. The van der Waals surface area contributed by atoms with Gasteiger partial charge in [0.2, 0.25) is 0 Å². The van der Waals surface area contributed by atoms with Gasteiger partial charge in [0, 0.05) is 6.20 Å². The molecule has 1 atom stereocenters. The van der Waals surface area contributed by atoms with Crippen molar-refractivity contribution in [3.63, 3.8) is 0 Å². The Hall–Kier alpha value is -1.39. The van der Waals surface area contributed by atoms with Crippen LogP contribution in [0.3, 0.4) is 0 Å². The molecule has 0 bridgehead atoms. The molecular formula is C12H21N3O2. The van der Waals surface area contributed by atoms with Gasteiger partial charge < -0.3 is 5.11 Å². The van der Waals surface area contributed by atoms with Gasteiger partial charge in [-0.05, 0) is 6.42 Å². The summed E-state index contributed by atoms with van der Waals surface area (Å²) in [5, 5.41) is 16.5. The molecule has 1 rings (SSSR count). The van der Waals surface area contributed by atoms with Crippen LogP contribution in [0.4, 0.5) is 0 Å². The van der Waals surface area contributed by atoms with Crippen molar-refractivity contribution in [2.24, 2.45) is 0 Å². The first-order valence-electron chi connectivity index (χ1n) is 6.34. The summed E-state index contributed by atoms with van der Waals surface area (Å²) in [6, 6.07) is -0.566. The summed E-state index contributed by atoms with van der Waals surface area (Å²) in [5.74, 6) is -0.830. The van der Waals surface area contributed by atoms with Crippen LogP contribution in [0.15, 0.2) is 12.4 Å². The maximum absolute atomic E-state index is 11.1. The summed E-state index contributed by atoms with van der Waals surface area (Å²) in [4.78, 5) is 11.1. The van der Waals surface area contributed by atoms with E-state index in [-0.39, 0.29) is 0 Å². The molecule has 96 valence electrons. The van der Waals surface area contributed by atoms with Gasteiger partial charge in [-0.2, -0.15) is 0 Å². The SMILES string of the molecule is CCCCCCCCC(C(=O)O)n1ccnn1. The van der Waals surface area contributed by atoms with Gasteiger partial charge in [0.05, 0.1) is 6.20 Å². The smallest absolute Gasteiger partial charge is 0.328 e. The molecule has 0 aliphatic rings. The molecule has 1 unspecified atom stereocenters. The Balaban J connectivity index is 2.25. The van der Waals surface area contributed by atoms with Crippen LogP contribution in [0.5, 0.6) is 0 Å². The normalized spacial score (nSPS) is 12.5. The Morgan fingerprint density at radius 3 is 2.59 bits per heavy atom. The van der Waals surface area contributed by atoms with Gasteiger partial charge in [0.15, 0.2) is 6.04 Å². The van der Waals surface area contributed by atoms with Gasteiger partial charge in [-0.3, -0.25) is 0 Å². The first kappa shape index (κ1) is 13.7. The molecule has 0 amide bonds. The maximum Gasteiger partial charge on any atom is 0.328 e. The van der Waals surface area contributed by atoms with Crippen molar-refractivity contribution in [1.82, 2.24) is 15.0 Å². The van der Waals surface area contributed by atoms with Crippen LogP contribution in [-0.2, 0) is 4.79 Å². The van der Waals surface area contributed by atoms with E-state index in [1.54, 1.807) is 6.20 Å². The molecule has 0 spiro atoms. The quantitative estimate of drug-likeness (QED) is 0.673. The van der Waals surface area contributed by atoms with Crippen LogP contribution in [-0.4, -0.2) is 26.1 Å². The van der Waals surface area contributed by atoms with Crippen LogP contribution < -0.4 is 0 Å². The molecule has 17 heavy (non-hydrogen) atoms. The number of aromatic nitrogens is 3. The highest BCUT2D eigenvalue weighted by molar-refractivity contribution is 5.71. The lowest BCUT2D eigenvalue weighted by atomic mass is 10.1. The molecule has 0 fully saturated rings. The van der Waals surface area contributed by atoms with Gasteiger partial charge in [0.25, 0.3) is 0 Å². The average molecular weight is 239 g/mol. The highest BCUT2D eigenvalue weighted by Gasteiger charge is 2.19. The molecule has 0 radical (unpaired) electrons. The molecule has 0 aliphatic carbocycles. The number of carbonyl (C=O) groups is 1. The summed E-state index contributed by atoms with van der Waals surface area (Å²) in [6.45, 7) is 2.19.